The van der Waals surface area contributed by atoms with E-state index >= 15 is 0 Å². The third-order valence-corrected chi connectivity index (χ3v) is 4.35. The van der Waals surface area contributed by atoms with Crippen molar-refractivity contribution in [3.05, 3.63) is 88.3 Å². The van der Waals surface area contributed by atoms with Crippen LogP contribution in [0.4, 0.5) is 4.39 Å². The Kier molecular flexibility index (Phi) is 4.31. The van der Waals surface area contributed by atoms with E-state index in [4.69, 9.17) is 13.9 Å². The number of esters is 1. The van der Waals surface area contributed by atoms with Gasteiger partial charge in [0.25, 0.3) is 0 Å². The number of ether oxygens (including phenoxy) is 2. The number of Topliss-reactive ketones (excluding diaryl/α,β-unsaturated/α-hetero) is 1. The second-order valence-electron chi connectivity index (χ2n) is 6.35. The summed E-state index contributed by atoms with van der Waals surface area (Å²) in [5.41, 5.74) is 1.11. The smallest absolute Gasteiger partial charge is 0.343 e. The normalized spacial score (nSPS) is 14.1. The second kappa shape index (κ2) is 6.81. The highest BCUT2D eigenvalue weighted by molar-refractivity contribution is 6.14. The second-order valence-corrected chi connectivity index (χ2v) is 6.35. The highest BCUT2D eigenvalue weighted by Gasteiger charge is 2.31. The first-order valence-electron chi connectivity index (χ1n) is 8.54. The molecular formula is C22H15FO5. The highest BCUT2D eigenvalue weighted by Crippen LogP contribution is 2.39. The summed E-state index contributed by atoms with van der Waals surface area (Å²) in [6.07, 6.45) is 1.53. The lowest BCUT2D eigenvalue weighted by molar-refractivity contribution is 0.0733. The molecule has 2 heterocycles. The zero-order chi connectivity index (χ0) is 19.8. The van der Waals surface area contributed by atoms with Crippen LogP contribution in [0.5, 0.6) is 11.5 Å². The Morgan fingerprint density at radius 3 is 2.46 bits per heavy atom. The first kappa shape index (κ1) is 17.7. The van der Waals surface area contributed by atoms with Gasteiger partial charge in [0.1, 0.15) is 28.8 Å². The van der Waals surface area contributed by atoms with Gasteiger partial charge in [-0.2, -0.15) is 0 Å². The Morgan fingerprint density at radius 1 is 1.04 bits per heavy atom. The minimum atomic E-state index is -0.630. The molecule has 0 amide bonds. The van der Waals surface area contributed by atoms with Crippen LogP contribution in [-0.2, 0) is 0 Å². The molecule has 0 radical (unpaired) electrons. The number of rotatable bonds is 3. The molecule has 4 rings (SSSR count). The quantitative estimate of drug-likeness (QED) is 0.370. The largest absolute Gasteiger partial charge is 0.462 e. The van der Waals surface area contributed by atoms with Gasteiger partial charge in [-0.1, -0.05) is 0 Å². The van der Waals surface area contributed by atoms with E-state index in [1.54, 1.807) is 32.0 Å². The average molecular weight is 378 g/mol. The Hall–Kier alpha value is -3.67. The summed E-state index contributed by atoms with van der Waals surface area (Å²) in [4.78, 5) is 24.8. The lowest BCUT2D eigenvalue weighted by Gasteiger charge is -2.10. The van der Waals surface area contributed by atoms with Crippen molar-refractivity contribution in [3.8, 4) is 11.5 Å². The lowest BCUT2D eigenvalue weighted by atomic mass is 10.1. The van der Waals surface area contributed by atoms with Crippen LogP contribution >= 0.6 is 0 Å². The number of aryl methyl sites for hydroxylation is 1. The molecule has 0 aliphatic carbocycles. The molecule has 0 bridgehead atoms. The van der Waals surface area contributed by atoms with Crippen LogP contribution < -0.4 is 9.47 Å². The summed E-state index contributed by atoms with van der Waals surface area (Å²) >= 11 is 0. The maximum Gasteiger partial charge on any atom is 0.343 e. The predicted octanol–water partition coefficient (Wildman–Crippen LogP) is 4.87. The molecule has 1 aromatic heterocycles. The third kappa shape index (κ3) is 3.20. The molecule has 6 heteroatoms. The minimum absolute atomic E-state index is 0.134. The standard InChI is InChI=1S/C22H15FO5/c1-12-3-8-16(26-12)11-19-20(24)17-9-10-18(13(2)21(17)27-19)28-22(25)14-4-6-15(23)7-5-14/h3-11H,1-2H3/b19-11-. The fourth-order valence-corrected chi connectivity index (χ4v) is 2.88. The number of fused-ring (bicyclic) bond motifs is 1. The van der Waals surface area contributed by atoms with E-state index in [2.05, 4.69) is 0 Å². The summed E-state index contributed by atoms with van der Waals surface area (Å²) in [7, 11) is 0. The average Bonchev–Trinajstić information content (AvgIpc) is 3.22. The van der Waals surface area contributed by atoms with Crippen molar-refractivity contribution < 1.29 is 27.9 Å². The highest BCUT2D eigenvalue weighted by atomic mass is 19.1. The molecule has 3 aromatic rings. The minimum Gasteiger partial charge on any atom is -0.462 e. The number of ketones is 1. The molecule has 0 saturated heterocycles. The third-order valence-electron chi connectivity index (χ3n) is 4.35. The van der Waals surface area contributed by atoms with Gasteiger partial charge in [-0.15, -0.1) is 0 Å². The van der Waals surface area contributed by atoms with Crippen LogP contribution in [-0.4, -0.2) is 11.8 Å². The van der Waals surface area contributed by atoms with Crippen molar-refractivity contribution >= 4 is 17.8 Å². The first-order valence-corrected chi connectivity index (χ1v) is 8.54. The summed E-state index contributed by atoms with van der Waals surface area (Å²) in [6.45, 7) is 3.50. The Balaban J connectivity index is 1.61. The zero-order valence-electron chi connectivity index (χ0n) is 15.1. The van der Waals surface area contributed by atoms with Crippen LogP contribution in [0.2, 0.25) is 0 Å². The summed E-state index contributed by atoms with van der Waals surface area (Å²) in [5, 5.41) is 0. The molecule has 0 unspecified atom stereocenters. The van der Waals surface area contributed by atoms with Gasteiger partial charge in [0, 0.05) is 11.6 Å². The van der Waals surface area contributed by atoms with Gasteiger partial charge < -0.3 is 13.9 Å². The maximum absolute atomic E-state index is 13.0. The van der Waals surface area contributed by atoms with E-state index in [1.165, 1.54) is 36.4 Å². The molecule has 140 valence electrons. The van der Waals surface area contributed by atoms with Crippen molar-refractivity contribution in [1.82, 2.24) is 0 Å². The zero-order valence-corrected chi connectivity index (χ0v) is 15.1. The monoisotopic (exact) mass is 378 g/mol. The number of hydrogen-bond donors (Lipinski definition) is 0. The van der Waals surface area contributed by atoms with Crippen molar-refractivity contribution in [2.45, 2.75) is 13.8 Å². The fourth-order valence-electron chi connectivity index (χ4n) is 2.88. The molecule has 1 aliphatic rings. The lowest BCUT2D eigenvalue weighted by Crippen LogP contribution is -2.09. The van der Waals surface area contributed by atoms with E-state index in [0.717, 1.165) is 5.76 Å². The molecule has 2 aromatic carbocycles. The van der Waals surface area contributed by atoms with Crippen molar-refractivity contribution in [1.29, 1.82) is 0 Å². The molecule has 1 aliphatic heterocycles. The number of carbonyl (C=O) groups excluding carboxylic acids is 2. The molecular weight excluding hydrogens is 363 g/mol. The summed E-state index contributed by atoms with van der Waals surface area (Å²) in [6, 6.07) is 11.7. The molecule has 28 heavy (non-hydrogen) atoms. The fraction of sp³-hybridized carbons (Fsp3) is 0.0909. The number of hydrogen-bond acceptors (Lipinski definition) is 5. The topological polar surface area (TPSA) is 65.7 Å². The predicted molar refractivity (Wildman–Crippen MR) is 98.9 cm³/mol. The summed E-state index contributed by atoms with van der Waals surface area (Å²) < 4.78 is 29.6. The Bertz CT molecular complexity index is 1120. The van der Waals surface area contributed by atoms with E-state index in [1.807, 2.05) is 0 Å². The van der Waals surface area contributed by atoms with Crippen molar-refractivity contribution in [2.24, 2.45) is 0 Å². The molecule has 0 atom stereocenters. The maximum atomic E-state index is 13.0. The van der Waals surface area contributed by atoms with Crippen molar-refractivity contribution in [2.75, 3.05) is 0 Å². The van der Waals surface area contributed by atoms with Crippen molar-refractivity contribution in [3.63, 3.8) is 0 Å². The number of halogens is 1. The van der Waals surface area contributed by atoms with Gasteiger partial charge in [-0.3, -0.25) is 4.79 Å². The van der Waals surface area contributed by atoms with Gasteiger partial charge >= 0.3 is 5.97 Å². The number of furan rings is 1. The van der Waals surface area contributed by atoms with E-state index in [-0.39, 0.29) is 22.9 Å². The number of allylic oxidation sites excluding steroid dienone is 1. The number of carbonyl (C=O) groups is 2. The molecule has 5 nitrogen and oxygen atoms in total. The van der Waals surface area contributed by atoms with Crippen LogP contribution in [0.3, 0.4) is 0 Å². The molecule has 0 spiro atoms. The van der Waals surface area contributed by atoms with Crippen LogP contribution in [0, 0.1) is 19.7 Å². The van der Waals surface area contributed by atoms with Crippen LogP contribution in [0.25, 0.3) is 6.08 Å². The molecule has 0 saturated carbocycles. The number of benzene rings is 2. The SMILES string of the molecule is Cc1ccc(/C=C2\Oc3c(ccc(OC(=O)c4ccc(F)cc4)c3C)C2=O)o1. The Labute approximate surface area is 160 Å². The molecule has 0 N–H and O–H groups in total. The van der Waals surface area contributed by atoms with Gasteiger partial charge in [-0.25, -0.2) is 9.18 Å². The Morgan fingerprint density at radius 2 is 1.79 bits per heavy atom. The van der Waals surface area contributed by atoms with E-state index in [0.29, 0.717) is 22.6 Å². The van der Waals surface area contributed by atoms with Crippen LogP contribution in [0.15, 0.2) is 58.7 Å². The van der Waals surface area contributed by atoms with E-state index < -0.39 is 11.8 Å². The van der Waals surface area contributed by atoms with Gasteiger partial charge in [0.2, 0.25) is 5.78 Å². The van der Waals surface area contributed by atoms with E-state index in [9.17, 15) is 14.0 Å². The molecule has 0 fully saturated rings. The van der Waals surface area contributed by atoms with Crippen LogP contribution in [0.1, 0.15) is 37.8 Å². The van der Waals surface area contributed by atoms with Gasteiger partial charge in [-0.05, 0) is 62.4 Å². The first-order chi connectivity index (χ1) is 13.4. The van der Waals surface area contributed by atoms with Gasteiger partial charge in [0.15, 0.2) is 5.76 Å². The summed E-state index contributed by atoms with van der Waals surface area (Å²) in [5.74, 6) is 0.616. The van der Waals surface area contributed by atoms with Gasteiger partial charge in [0.05, 0.1) is 11.1 Å².